The molecule has 0 fully saturated rings. The van der Waals surface area contributed by atoms with E-state index < -0.39 is 6.09 Å². The number of rotatable bonds is 6. The molecule has 0 bridgehead atoms. The number of para-hydroxylation sites is 1. The van der Waals surface area contributed by atoms with Crippen molar-refractivity contribution in [2.24, 2.45) is 0 Å². The summed E-state index contributed by atoms with van der Waals surface area (Å²) in [6.45, 7) is 6.56. The van der Waals surface area contributed by atoms with E-state index in [4.69, 9.17) is 9.97 Å². The Balaban J connectivity index is 1.60. The van der Waals surface area contributed by atoms with Gasteiger partial charge in [0, 0.05) is 30.0 Å². The number of aryl methyl sites for hydroxylation is 3. The Morgan fingerprint density at radius 2 is 1.74 bits per heavy atom. The quantitative estimate of drug-likeness (QED) is 0.463. The van der Waals surface area contributed by atoms with Crippen LogP contribution < -0.4 is 4.90 Å². The van der Waals surface area contributed by atoms with Crippen LogP contribution in [0.25, 0.3) is 16.9 Å². The van der Waals surface area contributed by atoms with E-state index in [1.54, 1.807) is 0 Å². The summed E-state index contributed by atoms with van der Waals surface area (Å²) in [6.07, 6.45) is 0.488. The fourth-order valence-electron chi connectivity index (χ4n) is 3.91. The van der Waals surface area contributed by atoms with E-state index in [1.165, 1.54) is 4.90 Å². The molecule has 4 rings (SSSR count). The molecule has 0 aliphatic carbocycles. The first-order valence-corrected chi connectivity index (χ1v) is 10.5. The Kier molecular flexibility index (Phi) is 5.71. The van der Waals surface area contributed by atoms with Gasteiger partial charge in [-0.3, -0.25) is 9.47 Å². The number of hydrogen-bond acceptors (Lipinski definition) is 3. The summed E-state index contributed by atoms with van der Waals surface area (Å²) in [7, 11) is 0. The zero-order valence-electron chi connectivity index (χ0n) is 18.0. The van der Waals surface area contributed by atoms with Crippen molar-refractivity contribution in [2.75, 3.05) is 11.4 Å². The Morgan fingerprint density at radius 1 is 1.03 bits per heavy atom. The van der Waals surface area contributed by atoms with Gasteiger partial charge in [-0.2, -0.15) is 0 Å². The third-order valence-corrected chi connectivity index (χ3v) is 5.44. The van der Waals surface area contributed by atoms with Gasteiger partial charge >= 0.3 is 6.09 Å². The normalized spacial score (nSPS) is 11.1. The van der Waals surface area contributed by atoms with Gasteiger partial charge in [-0.25, -0.2) is 14.8 Å². The molecule has 6 heteroatoms. The average molecular weight is 415 g/mol. The van der Waals surface area contributed by atoms with Crippen LogP contribution >= 0.6 is 0 Å². The second-order valence-electron chi connectivity index (χ2n) is 7.66. The minimum atomic E-state index is -0.947. The van der Waals surface area contributed by atoms with E-state index in [0.29, 0.717) is 18.7 Å². The summed E-state index contributed by atoms with van der Waals surface area (Å²) >= 11 is 0. The average Bonchev–Trinajstić information content (AvgIpc) is 3.14. The zero-order valence-corrected chi connectivity index (χ0v) is 18.0. The van der Waals surface area contributed by atoms with Crippen molar-refractivity contribution in [1.82, 2.24) is 14.5 Å². The highest BCUT2D eigenvalue weighted by Gasteiger charge is 2.16. The Hall–Kier alpha value is -3.67. The van der Waals surface area contributed by atoms with Crippen LogP contribution in [0.2, 0.25) is 0 Å². The van der Waals surface area contributed by atoms with Gasteiger partial charge in [-0.15, -0.1) is 0 Å². The first-order chi connectivity index (χ1) is 15.0. The monoisotopic (exact) mass is 414 g/mol. The van der Waals surface area contributed by atoms with Crippen LogP contribution in [-0.2, 0) is 12.8 Å². The molecular weight excluding hydrogens is 388 g/mol. The minimum absolute atomic E-state index is 0.396. The molecule has 0 unspecified atom stereocenters. The number of amides is 1. The molecule has 2 aromatic heterocycles. The Labute approximate surface area is 181 Å². The van der Waals surface area contributed by atoms with Crippen LogP contribution in [0.15, 0.2) is 60.7 Å². The summed E-state index contributed by atoms with van der Waals surface area (Å²) in [6, 6.07) is 19.5. The SMILES string of the molecule is CCc1nc2c(C)cc(C)nc2n1-c1ccc(CCN(C(=O)O)c2ccccc2)cc1. The maximum absolute atomic E-state index is 11.7. The van der Waals surface area contributed by atoms with Crippen molar-refractivity contribution in [2.45, 2.75) is 33.6 Å². The van der Waals surface area contributed by atoms with Gasteiger partial charge in [0.1, 0.15) is 11.3 Å². The standard InChI is InChI=1S/C25H26N4O2/c1-4-22-27-23-17(2)16-18(3)26-24(23)29(22)21-12-10-19(11-13-21)14-15-28(25(30)31)20-8-6-5-7-9-20/h5-13,16H,4,14-15H2,1-3H3,(H,30,31). The predicted octanol–water partition coefficient (Wildman–Crippen LogP) is 5.33. The lowest BCUT2D eigenvalue weighted by Crippen LogP contribution is -2.31. The van der Waals surface area contributed by atoms with Gasteiger partial charge < -0.3 is 5.11 Å². The van der Waals surface area contributed by atoms with Crippen molar-refractivity contribution in [3.63, 3.8) is 0 Å². The number of imidazole rings is 1. The number of anilines is 1. The van der Waals surface area contributed by atoms with Crippen molar-refractivity contribution in [3.05, 3.63) is 83.3 Å². The zero-order chi connectivity index (χ0) is 22.0. The maximum Gasteiger partial charge on any atom is 0.411 e. The molecule has 1 N–H and O–H groups in total. The molecule has 1 amide bonds. The van der Waals surface area contributed by atoms with Gasteiger partial charge in [0.15, 0.2) is 5.65 Å². The van der Waals surface area contributed by atoms with E-state index in [0.717, 1.165) is 45.9 Å². The van der Waals surface area contributed by atoms with Crippen molar-refractivity contribution in [3.8, 4) is 5.69 Å². The minimum Gasteiger partial charge on any atom is -0.465 e. The third kappa shape index (κ3) is 4.14. The third-order valence-electron chi connectivity index (χ3n) is 5.44. The van der Waals surface area contributed by atoms with Crippen LogP contribution in [0.3, 0.4) is 0 Å². The van der Waals surface area contributed by atoms with E-state index in [9.17, 15) is 9.90 Å². The summed E-state index contributed by atoms with van der Waals surface area (Å²) < 4.78 is 2.12. The van der Waals surface area contributed by atoms with E-state index in [1.807, 2.05) is 49.4 Å². The van der Waals surface area contributed by atoms with Gasteiger partial charge in [0.05, 0.1) is 0 Å². The maximum atomic E-state index is 11.7. The first kappa shape index (κ1) is 20.6. The molecule has 0 spiro atoms. The number of hydrogen-bond donors (Lipinski definition) is 1. The number of fused-ring (bicyclic) bond motifs is 1. The summed E-state index contributed by atoms with van der Waals surface area (Å²) in [5.41, 5.74) is 6.69. The molecule has 0 saturated heterocycles. The van der Waals surface area contributed by atoms with Gasteiger partial charge in [0.2, 0.25) is 0 Å². The van der Waals surface area contributed by atoms with Crippen LogP contribution in [0.5, 0.6) is 0 Å². The molecule has 6 nitrogen and oxygen atoms in total. The van der Waals surface area contributed by atoms with Crippen LogP contribution in [-0.4, -0.2) is 32.3 Å². The van der Waals surface area contributed by atoms with Crippen molar-refractivity contribution < 1.29 is 9.90 Å². The highest BCUT2D eigenvalue weighted by molar-refractivity contribution is 5.86. The van der Waals surface area contributed by atoms with Crippen LogP contribution in [0.1, 0.15) is 29.6 Å². The van der Waals surface area contributed by atoms with E-state index >= 15 is 0 Å². The number of carboxylic acid groups (broad SMARTS) is 1. The number of benzene rings is 2. The number of carbonyl (C=O) groups is 1. The number of pyridine rings is 1. The lowest BCUT2D eigenvalue weighted by Gasteiger charge is -2.19. The molecule has 0 saturated carbocycles. The molecule has 31 heavy (non-hydrogen) atoms. The van der Waals surface area contributed by atoms with E-state index in [2.05, 4.69) is 36.6 Å². The highest BCUT2D eigenvalue weighted by atomic mass is 16.4. The second-order valence-corrected chi connectivity index (χ2v) is 7.66. The molecule has 2 aromatic carbocycles. The molecule has 2 heterocycles. The number of aromatic nitrogens is 3. The second kappa shape index (κ2) is 8.60. The Morgan fingerprint density at radius 3 is 2.39 bits per heavy atom. The van der Waals surface area contributed by atoms with Crippen molar-refractivity contribution >= 4 is 22.9 Å². The topological polar surface area (TPSA) is 71.2 Å². The molecule has 0 aliphatic rings. The van der Waals surface area contributed by atoms with Gasteiger partial charge in [-0.05, 0) is 61.7 Å². The highest BCUT2D eigenvalue weighted by Crippen LogP contribution is 2.24. The smallest absolute Gasteiger partial charge is 0.411 e. The van der Waals surface area contributed by atoms with Gasteiger partial charge in [-0.1, -0.05) is 37.3 Å². The van der Waals surface area contributed by atoms with Crippen molar-refractivity contribution in [1.29, 1.82) is 0 Å². The first-order valence-electron chi connectivity index (χ1n) is 10.5. The Bertz CT molecular complexity index is 1210. The largest absolute Gasteiger partial charge is 0.465 e. The van der Waals surface area contributed by atoms with E-state index in [-0.39, 0.29) is 0 Å². The summed E-state index contributed by atoms with van der Waals surface area (Å²) in [5, 5.41) is 9.59. The summed E-state index contributed by atoms with van der Waals surface area (Å²) in [4.78, 5) is 22.6. The van der Waals surface area contributed by atoms with Gasteiger partial charge in [0.25, 0.3) is 0 Å². The fraction of sp³-hybridized carbons (Fsp3) is 0.240. The molecule has 4 aromatic rings. The molecular formula is C25H26N4O2. The summed E-state index contributed by atoms with van der Waals surface area (Å²) in [5.74, 6) is 0.977. The molecule has 0 aliphatic heterocycles. The fourth-order valence-corrected chi connectivity index (χ4v) is 3.91. The lowest BCUT2D eigenvalue weighted by atomic mass is 10.1. The van der Waals surface area contributed by atoms with Crippen LogP contribution in [0, 0.1) is 13.8 Å². The predicted molar refractivity (Wildman–Crippen MR) is 123 cm³/mol. The molecule has 158 valence electrons. The molecule has 0 radical (unpaired) electrons. The molecule has 0 atom stereocenters. The van der Waals surface area contributed by atoms with Crippen LogP contribution in [0.4, 0.5) is 10.5 Å². The number of nitrogens with zero attached hydrogens (tertiary/aromatic N) is 4. The lowest BCUT2D eigenvalue weighted by molar-refractivity contribution is 0.202.